The van der Waals surface area contributed by atoms with Crippen molar-refractivity contribution in [3.05, 3.63) is 42.0 Å². The van der Waals surface area contributed by atoms with Crippen molar-refractivity contribution < 1.29 is 8.42 Å². The fourth-order valence-electron chi connectivity index (χ4n) is 1.03. The molecule has 0 fully saturated rings. The van der Waals surface area contributed by atoms with Crippen molar-refractivity contribution >= 4 is 21.4 Å². The summed E-state index contributed by atoms with van der Waals surface area (Å²) in [5.74, 6) is 0.375. The summed E-state index contributed by atoms with van der Waals surface area (Å²) >= 11 is 5.56. The first-order valence-electron chi connectivity index (χ1n) is 4.55. The van der Waals surface area contributed by atoms with Crippen molar-refractivity contribution in [2.75, 3.05) is 11.6 Å². The number of allylic oxidation sites excluding steroid dienone is 1. The van der Waals surface area contributed by atoms with Crippen molar-refractivity contribution in [3.8, 4) is 0 Å². The van der Waals surface area contributed by atoms with Gasteiger partial charge in [0.15, 0.2) is 9.84 Å². The molecule has 4 heteroatoms. The highest BCUT2D eigenvalue weighted by Gasteiger charge is 2.11. The standard InChI is InChI=1S/C11H13ClO2S/c1-10(9-12)7-8-15(13,14)11-5-3-2-4-6-11/h2-7H,8-9H2,1H3/b10-7+. The third kappa shape index (κ3) is 3.68. The second-order valence-electron chi connectivity index (χ2n) is 3.28. The highest BCUT2D eigenvalue weighted by atomic mass is 35.5. The molecular formula is C11H13ClO2S. The lowest BCUT2D eigenvalue weighted by molar-refractivity contribution is 0.599. The molecule has 0 atom stereocenters. The van der Waals surface area contributed by atoms with Crippen LogP contribution in [0.5, 0.6) is 0 Å². The van der Waals surface area contributed by atoms with E-state index in [0.29, 0.717) is 10.8 Å². The van der Waals surface area contributed by atoms with Crippen LogP contribution in [0.15, 0.2) is 46.9 Å². The van der Waals surface area contributed by atoms with Crippen LogP contribution in [0.1, 0.15) is 6.92 Å². The van der Waals surface area contributed by atoms with Gasteiger partial charge in [-0.25, -0.2) is 8.42 Å². The Labute approximate surface area is 95.5 Å². The zero-order valence-electron chi connectivity index (χ0n) is 8.48. The molecule has 0 aliphatic rings. The van der Waals surface area contributed by atoms with Crippen molar-refractivity contribution in [2.45, 2.75) is 11.8 Å². The average molecular weight is 245 g/mol. The average Bonchev–Trinajstić information content (AvgIpc) is 2.27. The van der Waals surface area contributed by atoms with Crippen LogP contribution in [0, 0.1) is 0 Å². The van der Waals surface area contributed by atoms with Crippen LogP contribution in [0.4, 0.5) is 0 Å². The largest absolute Gasteiger partial charge is 0.223 e. The topological polar surface area (TPSA) is 34.1 Å². The van der Waals surface area contributed by atoms with Gasteiger partial charge in [0.25, 0.3) is 0 Å². The van der Waals surface area contributed by atoms with Gasteiger partial charge in [-0.3, -0.25) is 0 Å². The maximum atomic E-state index is 11.8. The third-order valence-corrected chi connectivity index (χ3v) is 3.98. The van der Waals surface area contributed by atoms with Gasteiger partial charge in [-0.05, 0) is 19.1 Å². The van der Waals surface area contributed by atoms with Crippen LogP contribution < -0.4 is 0 Å². The number of rotatable bonds is 4. The monoisotopic (exact) mass is 244 g/mol. The minimum atomic E-state index is -3.20. The van der Waals surface area contributed by atoms with Crippen LogP contribution in [0.2, 0.25) is 0 Å². The van der Waals surface area contributed by atoms with Gasteiger partial charge in [0, 0.05) is 5.88 Å². The summed E-state index contributed by atoms with van der Waals surface area (Å²) in [6.07, 6.45) is 1.65. The van der Waals surface area contributed by atoms with Crippen molar-refractivity contribution in [2.24, 2.45) is 0 Å². The number of sulfone groups is 1. The Balaban J connectivity index is 2.87. The molecular weight excluding hydrogens is 232 g/mol. The Kier molecular flexibility index (Phi) is 4.36. The van der Waals surface area contributed by atoms with Crippen LogP contribution in [0.25, 0.3) is 0 Å². The Morgan fingerprint density at radius 3 is 2.47 bits per heavy atom. The quantitative estimate of drug-likeness (QED) is 0.603. The van der Waals surface area contributed by atoms with Gasteiger partial charge >= 0.3 is 0 Å². The summed E-state index contributed by atoms with van der Waals surface area (Å²) in [6.45, 7) is 1.81. The molecule has 15 heavy (non-hydrogen) atoms. The van der Waals surface area contributed by atoms with E-state index in [0.717, 1.165) is 5.57 Å². The van der Waals surface area contributed by atoms with Gasteiger partial charge in [0.05, 0.1) is 10.6 Å². The molecule has 0 aliphatic carbocycles. The van der Waals surface area contributed by atoms with E-state index in [4.69, 9.17) is 11.6 Å². The van der Waals surface area contributed by atoms with E-state index in [9.17, 15) is 8.42 Å². The van der Waals surface area contributed by atoms with Gasteiger partial charge in [-0.2, -0.15) is 0 Å². The van der Waals surface area contributed by atoms with Gasteiger partial charge in [0.2, 0.25) is 0 Å². The summed E-state index contributed by atoms with van der Waals surface area (Å²) in [6, 6.07) is 8.41. The van der Waals surface area contributed by atoms with E-state index in [1.807, 2.05) is 6.92 Å². The Morgan fingerprint density at radius 2 is 1.93 bits per heavy atom. The van der Waals surface area contributed by atoms with Gasteiger partial charge in [-0.1, -0.05) is 29.8 Å². The first kappa shape index (κ1) is 12.3. The zero-order valence-corrected chi connectivity index (χ0v) is 10.1. The fraction of sp³-hybridized carbons (Fsp3) is 0.273. The van der Waals surface area contributed by atoms with Crippen LogP contribution in [0.3, 0.4) is 0 Å². The second-order valence-corrected chi connectivity index (χ2v) is 5.58. The predicted molar refractivity (Wildman–Crippen MR) is 63.0 cm³/mol. The zero-order chi connectivity index (χ0) is 11.3. The molecule has 0 N–H and O–H groups in total. The van der Waals surface area contributed by atoms with Gasteiger partial charge in [-0.15, -0.1) is 11.6 Å². The lowest BCUT2D eigenvalue weighted by Gasteiger charge is -2.01. The number of alkyl halides is 1. The third-order valence-electron chi connectivity index (χ3n) is 1.96. The van der Waals surface area contributed by atoms with Crippen molar-refractivity contribution in [3.63, 3.8) is 0 Å². The number of halogens is 1. The molecule has 1 aromatic carbocycles. The molecule has 82 valence electrons. The summed E-state index contributed by atoms with van der Waals surface area (Å²) in [7, 11) is -3.20. The molecule has 0 saturated heterocycles. The summed E-state index contributed by atoms with van der Waals surface area (Å²) in [4.78, 5) is 0.351. The van der Waals surface area contributed by atoms with Crippen molar-refractivity contribution in [1.82, 2.24) is 0 Å². The maximum absolute atomic E-state index is 11.8. The molecule has 0 heterocycles. The molecule has 2 nitrogen and oxygen atoms in total. The highest BCUT2D eigenvalue weighted by Crippen LogP contribution is 2.11. The molecule has 0 saturated carbocycles. The highest BCUT2D eigenvalue weighted by molar-refractivity contribution is 7.91. The summed E-state index contributed by atoms with van der Waals surface area (Å²) in [5.41, 5.74) is 0.871. The van der Waals surface area contributed by atoms with E-state index >= 15 is 0 Å². The number of benzene rings is 1. The van der Waals surface area contributed by atoms with Crippen molar-refractivity contribution in [1.29, 1.82) is 0 Å². The van der Waals surface area contributed by atoms with E-state index in [1.165, 1.54) is 0 Å². The molecule has 0 aromatic heterocycles. The Hall–Kier alpha value is -0.800. The Bertz CT molecular complexity index is 435. The summed E-state index contributed by atoms with van der Waals surface area (Å²) in [5, 5.41) is 0. The molecule has 0 bridgehead atoms. The maximum Gasteiger partial charge on any atom is 0.181 e. The summed E-state index contributed by atoms with van der Waals surface area (Å²) < 4.78 is 23.5. The first-order valence-corrected chi connectivity index (χ1v) is 6.74. The lowest BCUT2D eigenvalue weighted by Crippen LogP contribution is -2.05. The van der Waals surface area contributed by atoms with Crippen LogP contribution in [-0.2, 0) is 9.84 Å². The van der Waals surface area contributed by atoms with E-state index in [2.05, 4.69) is 0 Å². The second kappa shape index (κ2) is 5.33. The molecule has 0 spiro atoms. The first-order chi connectivity index (χ1) is 7.06. The number of hydrogen-bond acceptors (Lipinski definition) is 2. The Morgan fingerprint density at radius 1 is 1.33 bits per heavy atom. The van der Waals surface area contributed by atoms with E-state index in [1.54, 1.807) is 36.4 Å². The lowest BCUT2D eigenvalue weighted by atomic mass is 10.3. The molecule has 1 aromatic rings. The smallest absolute Gasteiger partial charge is 0.181 e. The van der Waals surface area contributed by atoms with E-state index in [-0.39, 0.29) is 5.75 Å². The predicted octanol–water partition coefficient (Wildman–Crippen LogP) is 2.65. The molecule has 1 rings (SSSR count). The molecule has 0 radical (unpaired) electrons. The minimum absolute atomic E-state index is 0.00949. The van der Waals surface area contributed by atoms with E-state index < -0.39 is 9.84 Å². The minimum Gasteiger partial charge on any atom is -0.223 e. The number of hydrogen-bond donors (Lipinski definition) is 0. The van der Waals surface area contributed by atoms with Crippen LogP contribution >= 0.6 is 11.6 Å². The molecule has 0 unspecified atom stereocenters. The molecule has 0 amide bonds. The SMILES string of the molecule is C/C(=C\CS(=O)(=O)c1ccccc1)CCl. The van der Waals surface area contributed by atoms with Gasteiger partial charge < -0.3 is 0 Å². The molecule has 0 aliphatic heterocycles. The fourth-order valence-corrected chi connectivity index (χ4v) is 2.41. The normalized spacial score (nSPS) is 12.8. The van der Waals surface area contributed by atoms with Crippen LogP contribution in [-0.4, -0.2) is 20.1 Å². The van der Waals surface area contributed by atoms with Gasteiger partial charge in [0.1, 0.15) is 0 Å².